The summed E-state index contributed by atoms with van der Waals surface area (Å²) in [7, 11) is 0. The van der Waals surface area contributed by atoms with Gasteiger partial charge in [0.25, 0.3) is 5.91 Å². The van der Waals surface area contributed by atoms with Crippen molar-refractivity contribution in [2.75, 3.05) is 0 Å². The highest BCUT2D eigenvalue weighted by atomic mass is 19.4. The molecule has 0 spiro atoms. The van der Waals surface area contributed by atoms with Gasteiger partial charge in [0.1, 0.15) is 5.75 Å². The molecule has 0 fully saturated rings. The molecule has 0 aliphatic rings. The molecule has 1 aromatic carbocycles. The quantitative estimate of drug-likeness (QED) is 0.657. The van der Waals surface area contributed by atoms with Gasteiger partial charge < -0.3 is 5.11 Å². The molecule has 0 heterocycles. The van der Waals surface area contributed by atoms with Crippen LogP contribution < -0.4 is 5.43 Å². The molecule has 0 aliphatic carbocycles. The highest BCUT2D eigenvalue weighted by molar-refractivity contribution is 6.03. The largest absolute Gasteiger partial charge is 0.508 e. The standard InChI is InChI=1S/C12H11F3N2O3/c1-7(6-10(19)12(13,14)15)16-17-11(20)8-2-4-9(18)5-3-8/h2-5,18H,6H2,1H3,(H,17,20). The average Bonchev–Trinajstić information content (AvgIpc) is 2.35. The molecule has 0 bridgehead atoms. The fraction of sp³-hybridized carbons (Fsp3) is 0.250. The van der Waals surface area contributed by atoms with Crippen molar-refractivity contribution in [3.8, 4) is 5.75 Å². The highest BCUT2D eigenvalue weighted by Crippen LogP contribution is 2.18. The van der Waals surface area contributed by atoms with Crippen LogP contribution in [0.1, 0.15) is 23.7 Å². The third-order valence-corrected chi connectivity index (χ3v) is 2.21. The van der Waals surface area contributed by atoms with Crippen molar-refractivity contribution in [2.45, 2.75) is 19.5 Å². The number of amides is 1. The number of phenols is 1. The van der Waals surface area contributed by atoms with Gasteiger partial charge in [-0.25, -0.2) is 5.43 Å². The first-order valence-electron chi connectivity index (χ1n) is 5.42. The van der Waals surface area contributed by atoms with E-state index in [9.17, 15) is 22.8 Å². The third kappa shape index (κ3) is 4.71. The number of halogens is 3. The minimum atomic E-state index is -4.92. The van der Waals surface area contributed by atoms with Crippen LogP contribution in [0.4, 0.5) is 13.2 Å². The molecule has 108 valence electrons. The Morgan fingerprint density at radius 2 is 1.80 bits per heavy atom. The van der Waals surface area contributed by atoms with Gasteiger partial charge in [-0.05, 0) is 31.2 Å². The number of carbonyl (C=O) groups is 2. The summed E-state index contributed by atoms with van der Waals surface area (Å²) >= 11 is 0. The summed E-state index contributed by atoms with van der Waals surface area (Å²) in [5, 5.41) is 12.4. The molecular formula is C12H11F3N2O3. The SMILES string of the molecule is CC(CC(=O)C(F)(F)F)=NNC(=O)c1ccc(O)cc1. The van der Waals surface area contributed by atoms with E-state index in [1.165, 1.54) is 31.2 Å². The number of benzene rings is 1. The molecule has 1 aromatic rings. The average molecular weight is 288 g/mol. The number of rotatable bonds is 4. The van der Waals surface area contributed by atoms with Gasteiger partial charge in [0.05, 0.1) is 6.42 Å². The van der Waals surface area contributed by atoms with Gasteiger partial charge >= 0.3 is 6.18 Å². The number of aromatic hydroxyl groups is 1. The van der Waals surface area contributed by atoms with Gasteiger partial charge in [-0.3, -0.25) is 9.59 Å². The Balaban J connectivity index is 2.61. The second kappa shape index (κ2) is 6.18. The zero-order chi connectivity index (χ0) is 15.3. The maximum atomic E-state index is 12.0. The number of hydrogen-bond acceptors (Lipinski definition) is 4. The number of ketones is 1. The smallest absolute Gasteiger partial charge is 0.450 e. The summed E-state index contributed by atoms with van der Waals surface area (Å²) in [6, 6.07) is 5.18. The normalized spacial score (nSPS) is 12.1. The predicted molar refractivity (Wildman–Crippen MR) is 64.4 cm³/mol. The van der Waals surface area contributed by atoms with Crippen LogP contribution >= 0.6 is 0 Å². The molecule has 20 heavy (non-hydrogen) atoms. The minimum Gasteiger partial charge on any atom is -0.508 e. The van der Waals surface area contributed by atoms with Crippen LogP contribution in [0, 0.1) is 0 Å². The molecule has 0 unspecified atom stereocenters. The molecule has 5 nitrogen and oxygen atoms in total. The van der Waals surface area contributed by atoms with Gasteiger partial charge in [-0.1, -0.05) is 0 Å². The van der Waals surface area contributed by atoms with Gasteiger partial charge in [0.2, 0.25) is 5.78 Å². The summed E-state index contributed by atoms with van der Waals surface area (Å²) in [5.74, 6) is -2.63. The Kier molecular flexibility index (Phi) is 4.84. The van der Waals surface area contributed by atoms with Crippen molar-refractivity contribution in [1.29, 1.82) is 0 Å². The van der Waals surface area contributed by atoms with Gasteiger partial charge in [-0.2, -0.15) is 18.3 Å². The van der Waals surface area contributed by atoms with Crippen LogP contribution in [0.15, 0.2) is 29.4 Å². The van der Waals surface area contributed by atoms with Crippen molar-refractivity contribution >= 4 is 17.4 Å². The van der Waals surface area contributed by atoms with Crippen LogP contribution in [0.25, 0.3) is 0 Å². The molecule has 0 saturated carbocycles. The number of Topliss-reactive ketones (excluding diaryl/α,β-unsaturated/α-hetero) is 1. The molecule has 0 aromatic heterocycles. The maximum Gasteiger partial charge on any atom is 0.450 e. The van der Waals surface area contributed by atoms with E-state index < -0.39 is 24.3 Å². The first kappa shape index (κ1) is 15.7. The lowest BCUT2D eigenvalue weighted by Crippen LogP contribution is -2.26. The van der Waals surface area contributed by atoms with E-state index in [2.05, 4.69) is 5.10 Å². The summed E-state index contributed by atoms with van der Waals surface area (Å²) in [6.45, 7) is 1.20. The number of nitrogens with zero attached hydrogens (tertiary/aromatic N) is 1. The van der Waals surface area contributed by atoms with Crippen LogP contribution in [0.5, 0.6) is 5.75 Å². The first-order valence-corrected chi connectivity index (χ1v) is 5.42. The zero-order valence-electron chi connectivity index (χ0n) is 10.4. The summed E-state index contributed by atoms with van der Waals surface area (Å²) in [6.07, 6.45) is -5.84. The van der Waals surface area contributed by atoms with E-state index >= 15 is 0 Å². The van der Waals surface area contributed by atoms with Crippen LogP contribution in [-0.4, -0.2) is 28.7 Å². The number of hydrogen-bond donors (Lipinski definition) is 2. The third-order valence-electron chi connectivity index (χ3n) is 2.21. The van der Waals surface area contributed by atoms with E-state index in [1.807, 2.05) is 5.43 Å². The van der Waals surface area contributed by atoms with E-state index in [1.54, 1.807) is 0 Å². The molecule has 2 N–H and O–H groups in total. The zero-order valence-corrected chi connectivity index (χ0v) is 10.4. The molecule has 1 rings (SSSR count). The molecule has 1 amide bonds. The minimum absolute atomic E-state index is 0.0306. The lowest BCUT2D eigenvalue weighted by molar-refractivity contribution is -0.169. The Morgan fingerprint density at radius 3 is 2.30 bits per heavy atom. The van der Waals surface area contributed by atoms with Crippen molar-refractivity contribution < 1.29 is 27.9 Å². The Hall–Kier alpha value is -2.38. The molecule has 0 saturated heterocycles. The van der Waals surface area contributed by atoms with Gasteiger partial charge in [0.15, 0.2) is 0 Å². The van der Waals surface area contributed by atoms with Gasteiger partial charge in [-0.15, -0.1) is 0 Å². The van der Waals surface area contributed by atoms with Crippen molar-refractivity contribution in [3.05, 3.63) is 29.8 Å². The summed E-state index contributed by atoms with van der Waals surface area (Å²) in [5.41, 5.74) is 2.02. The van der Waals surface area contributed by atoms with E-state index in [-0.39, 0.29) is 17.0 Å². The Labute approximate surface area is 112 Å². The predicted octanol–water partition coefficient (Wildman–Crippen LogP) is 2.02. The fourth-order valence-corrected chi connectivity index (χ4v) is 1.20. The molecule has 0 radical (unpaired) electrons. The Morgan fingerprint density at radius 1 is 1.25 bits per heavy atom. The first-order chi connectivity index (χ1) is 9.20. The van der Waals surface area contributed by atoms with Crippen molar-refractivity contribution in [1.82, 2.24) is 5.43 Å². The topological polar surface area (TPSA) is 78.8 Å². The molecule has 0 atom stereocenters. The van der Waals surface area contributed by atoms with E-state index in [4.69, 9.17) is 5.11 Å². The number of carbonyl (C=O) groups excluding carboxylic acids is 2. The summed E-state index contributed by atoms with van der Waals surface area (Å²) < 4.78 is 36.0. The van der Waals surface area contributed by atoms with Gasteiger partial charge in [0, 0.05) is 11.3 Å². The summed E-state index contributed by atoms with van der Waals surface area (Å²) in [4.78, 5) is 22.2. The van der Waals surface area contributed by atoms with Crippen LogP contribution in [-0.2, 0) is 4.79 Å². The Bertz CT molecular complexity index is 536. The molecular weight excluding hydrogens is 277 g/mol. The lowest BCUT2D eigenvalue weighted by atomic mass is 10.2. The lowest BCUT2D eigenvalue weighted by Gasteiger charge is -2.05. The van der Waals surface area contributed by atoms with Crippen LogP contribution in [0.2, 0.25) is 0 Å². The van der Waals surface area contributed by atoms with E-state index in [0.717, 1.165) is 0 Å². The molecule has 8 heteroatoms. The maximum absolute atomic E-state index is 12.0. The van der Waals surface area contributed by atoms with Crippen molar-refractivity contribution in [3.63, 3.8) is 0 Å². The monoisotopic (exact) mass is 288 g/mol. The number of nitrogens with one attached hydrogen (secondary N) is 1. The second-order valence-corrected chi connectivity index (χ2v) is 3.93. The number of hydrazone groups is 1. The van der Waals surface area contributed by atoms with E-state index in [0.29, 0.717) is 0 Å². The van der Waals surface area contributed by atoms with Crippen molar-refractivity contribution in [2.24, 2.45) is 5.10 Å². The highest BCUT2D eigenvalue weighted by Gasteiger charge is 2.37. The second-order valence-electron chi connectivity index (χ2n) is 3.93. The van der Waals surface area contributed by atoms with Crippen LogP contribution in [0.3, 0.4) is 0 Å². The molecule has 0 aliphatic heterocycles. The number of alkyl halides is 3. The fourth-order valence-electron chi connectivity index (χ4n) is 1.20. The number of phenolic OH excluding ortho intramolecular Hbond substituents is 1.